The Balaban J connectivity index is 2.08. The standard InChI is InChI=1S/C18H16FNO3/c1-2-23-18(22)15-4-3-5-17-16(15)10-14(21)11-20(17)13-8-6-12(19)7-9-13/h3-9H,2,10-11H2,1H3. The predicted molar refractivity (Wildman–Crippen MR) is 84.5 cm³/mol. The van der Waals surface area contributed by atoms with Crippen molar-refractivity contribution in [3.05, 3.63) is 59.4 Å². The molecule has 0 bridgehead atoms. The zero-order valence-corrected chi connectivity index (χ0v) is 12.7. The van der Waals surface area contributed by atoms with Crippen molar-refractivity contribution in [3.63, 3.8) is 0 Å². The fourth-order valence-corrected chi connectivity index (χ4v) is 2.78. The molecule has 118 valence electrons. The van der Waals surface area contributed by atoms with E-state index in [9.17, 15) is 14.0 Å². The maximum absolute atomic E-state index is 13.1. The number of anilines is 2. The molecular formula is C18H16FNO3. The lowest BCUT2D eigenvalue weighted by Crippen LogP contribution is -2.33. The van der Waals surface area contributed by atoms with Crippen LogP contribution in [-0.4, -0.2) is 24.9 Å². The summed E-state index contributed by atoms with van der Waals surface area (Å²) in [6.07, 6.45) is 0.196. The van der Waals surface area contributed by atoms with E-state index in [0.29, 0.717) is 16.8 Å². The average Bonchev–Trinajstić information content (AvgIpc) is 2.54. The normalized spacial score (nSPS) is 13.7. The molecule has 3 rings (SSSR count). The van der Waals surface area contributed by atoms with Crippen LogP contribution in [0.2, 0.25) is 0 Å². The number of ether oxygens (including phenoxy) is 1. The Morgan fingerprint density at radius 1 is 1.22 bits per heavy atom. The van der Waals surface area contributed by atoms with Crippen LogP contribution in [-0.2, 0) is 16.0 Å². The molecule has 0 aliphatic carbocycles. The first-order chi connectivity index (χ1) is 11.1. The molecule has 4 nitrogen and oxygen atoms in total. The van der Waals surface area contributed by atoms with Crippen molar-refractivity contribution < 1.29 is 18.7 Å². The second-order valence-corrected chi connectivity index (χ2v) is 5.30. The number of hydrogen-bond donors (Lipinski definition) is 0. The number of benzene rings is 2. The molecule has 0 fully saturated rings. The second-order valence-electron chi connectivity index (χ2n) is 5.30. The van der Waals surface area contributed by atoms with Crippen molar-refractivity contribution in [1.82, 2.24) is 0 Å². The van der Waals surface area contributed by atoms with Crippen LogP contribution in [0.25, 0.3) is 0 Å². The predicted octanol–water partition coefficient (Wildman–Crippen LogP) is 3.27. The summed E-state index contributed by atoms with van der Waals surface area (Å²) in [7, 11) is 0. The third-order valence-electron chi connectivity index (χ3n) is 3.78. The number of Topliss-reactive ketones (excluding diaryl/α,β-unsaturated/α-hetero) is 1. The van der Waals surface area contributed by atoms with Crippen molar-refractivity contribution in [2.24, 2.45) is 0 Å². The molecule has 2 aromatic carbocycles. The van der Waals surface area contributed by atoms with Crippen LogP contribution in [0.5, 0.6) is 0 Å². The maximum atomic E-state index is 13.1. The number of carbonyl (C=O) groups is 2. The van der Waals surface area contributed by atoms with Crippen LogP contribution < -0.4 is 4.90 Å². The summed E-state index contributed by atoms with van der Waals surface area (Å²) in [5, 5.41) is 0. The van der Waals surface area contributed by atoms with Gasteiger partial charge in [0.25, 0.3) is 0 Å². The van der Waals surface area contributed by atoms with Gasteiger partial charge in [0.1, 0.15) is 5.82 Å². The number of carbonyl (C=O) groups excluding carboxylic acids is 2. The van der Waals surface area contributed by atoms with Crippen molar-refractivity contribution >= 4 is 23.1 Å². The fraction of sp³-hybridized carbons (Fsp3) is 0.222. The number of nitrogens with zero attached hydrogens (tertiary/aromatic N) is 1. The van der Waals surface area contributed by atoms with Crippen molar-refractivity contribution in [2.45, 2.75) is 13.3 Å². The zero-order chi connectivity index (χ0) is 16.4. The summed E-state index contributed by atoms with van der Waals surface area (Å²) in [5.74, 6) is -0.769. The third-order valence-corrected chi connectivity index (χ3v) is 3.78. The number of rotatable bonds is 3. The van der Waals surface area contributed by atoms with Gasteiger partial charge in [-0.05, 0) is 48.9 Å². The van der Waals surface area contributed by atoms with Gasteiger partial charge in [0.2, 0.25) is 0 Å². The lowest BCUT2D eigenvalue weighted by molar-refractivity contribution is -0.117. The highest BCUT2D eigenvalue weighted by Crippen LogP contribution is 2.34. The molecular weight excluding hydrogens is 297 g/mol. The highest BCUT2D eigenvalue weighted by atomic mass is 19.1. The summed E-state index contributed by atoms with van der Waals surface area (Å²) in [6, 6.07) is 11.2. The topological polar surface area (TPSA) is 46.6 Å². The van der Waals surface area contributed by atoms with Crippen LogP contribution in [0.3, 0.4) is 0 Å². The number of fused-ring (bicyclic) bond motifs is 1. The molecule has 1 aliphatic heterocycles. The van der Waals surface area contributed by atoms with Crippen molar-refractivity contribution in [1.29, 1.82) is 0 Å². The Kier molecular flexibility index (Phi) is 4.10. The first kappa shape index (κ1) is 15.2. The Bertz CT molecular complexity index is 755. The summed E-state index contributed by atoms with van der Waals surface area (Å²) >= 11 is 0. The molecule has 2 aromatic rings. The third kappa shape index (κ3) is 2.95. The van der Waals surface area contributed by atoms with E-state index in [-0.39, 0.29) is 31.2 Å². The van der Waals surface area contributed by atoms with Gasteiger partial charge in [-0.15, -0.1) is 0 Å². The summed E-state index contributed by atoms with van der Waals surface area (Å²) in [5.41, 5.74) is 2.56. The lowest BCUT2D eigenvalue weighted by Gasteiger charge is -2.31. The Morgan fingerprint density at radius 3 is 2.65 bits per heavy atom. The number of hydrogen-bond acceptors (Lipinski definition) is 4. The number of ketones is 1. The Hall–Kier alpha value is -2.69. The van der Waals surface area contributed by atoms with E-state index < -0.39 is 5.97 Å². The fourth-order valence-electron chi connectivity index (χ4n) is 2.78. The van der Waals surface area contributed by atoms with Crippen LogP contribution in [0.4, 0.5) is 15.8 Å². The van der Waals surface area contributed by atoms with E-state index in [4.69, 9.17) is 4.74 Å². The Labute approximate surface area is 133 Å². The summed E-state index contributed by atoms with van der Waals surface area (Å²) in [4.78, 5) is 26.0. The molecule has 0 aromatic heterocycles. The molecule has 0 saturated heterocycles. The van der Waals surface area contributed by atoms with Gasteiger partial charge in [-0.25, -0.2) is 9.18 Å². The van der Waals surface area contributed by atoms with Crippen molar-refractivity contribution in [3.8, 4) is 0 Å². The van der Waals surface area contributed by atoms with Crippen LogP contribution in [0, 0.1) is 5.82 Å². The van der Waals surface area contributed by atoms with Crippen molar-refractivity contribution in [2.75, 3.05) is 18.1 Å². The van der Waals surface area contributed by atoms with Crippen LogP contribution in [0.1, 0.15) is 22.8 Å². The molecule has 0 unspecified atom stereocenters. The molecule has 1 heterocycles. The smallest absolute Gasteiger partial charge is 0.338 e. The van der Waals surface area contributed by atoms with E-state index >= 15 is 0 Å². The van der Waals surface area contributed by atoms with E-state index in [1.165, 1.54) is 12.1 Å². The Morgan fingerprint density at radius 2 is 1.96 bits per heavy atom. The molecule has 23 heavy (non-hydrogen) atoms. The molecule has 0 spiro atoms. The van der Waals surface area contributed by atoms with E-state index in [2.05, 4.69) is 0 Å². The highest BCUT2D eigenvalue weighted by Gasteiger charge is 2.27. The molecule has 5 heteroatoms. The lowest BCUT2D eigenvalue weighted by atomic mass is 9.95. The summed E-state index contributed by atoms with van der Waals surface area (Å²) in [6.45, 7) is 2.21. The van der Waals surface area contributed by atoms with E-state index in [1.54, 1.807) is 36.1 Å². The number of esters is 1. The molecule has 0 saturated carbocycles. The van der Waals surface area contributed by atoms with Gasteiger partial charge >= 0.3 is 5.97 Å². The van der Waals surface area contributed by atoms with Gasteiger partial charge in [0, 0.05) is 17.8 Å². The van der Waals surface area contributed by atoms with Crippen LogP contribution in [0.15, 0.2) is 42.5 Å². The summed E-state index contributed by atoms with van der Waals surface area (Å²) < 4.78 is 18.2. The van der Waals surface area contributed by atoms with Gasteiger partial charge in [0.05, 0.1) is 18.7 Å². The number of halogens is 1. The monoisotopic (exact) mass is 313 g/mol. The minimum atomic E-state index is -0.432. The van der Waals surface area contributed by atoms with Crippen LogP contribution >= 0.6 is 0 Å². The van der Waals surface area contributed by atoms with Gasteiger partial charge in [-0.1, -0.05) is 6.07 Å². The van der Waals surface area contributed by atoms with E-state index in [0.717, 1.165) is 5.69 Å². The second kappa shape index (κ2) is 6.20. The highest BCUT2D eigenvalue weighted by molar-refractivity contribution is 6.00. The first-order valence-electron chi connectivity index (χ1n) is 7.44. The van der Waals surface area contributed by atoms with Gasteiger partial charge in [0.15, 0.2) is 5.78 Å². The molecule has 0 atom stereocenters. The first-order valence-corrected chi connectivity index (χ1v) is 7.44. The minimum Gasteiger partial charge on any atom is -0.462 e. The molecule has 0 N–H and O–H groups in total. The van der Waals surface area contributed by atoms with Gasteiger partial charge in [-0.3, -0.25) is 4.79 Å². The van der Waals surface area contributed by atoms with E-state index in [1.807, 2.05) is 6.07 Å². The average molecular weight is 313 g/mol. The largest absolute Gasteiger partial charge is 0.462 e. The molecule has 0 amide bonds. The van der Waals surface area contributed by atoms with Gasteiger partial charge < -0.3 is 9.64 Å². The van der Waals surface area contributed by atoms with Gasteiger partial charge in [-0.2, -0.15) is 0 Å². The molecule has 0 radical (unpaired) electrons. The zero-order valence-electron chi connectivity index (χ0n) is 12.7. The SMILES string of the molecule is CCOC(=O)c1cccc2c1CC(=O)CN2c1ccc(F)cc1. The molecule has 1 aliphatic rings. The minimum absolute atomic E-state index is 0.00132. The quantitative estimate of drug-likeness (QED) is 0.816. The maximum Gasteiger partial charge on any atom is 0.338 e.